The number of rotatable bonds is 5. The summed E-state index contributed by atoms with van der Waals surface area (Å²) >= 11 is 1.49. The van der Waals surface area contributed by atoms with E-state index < -0.39 is 10.0 Å². The van der Waals surface area contributed by atoms with Crippen molar-refractivity contribution >= 4 is 21.4 Å². The van der Waals surface area contributed by atoms with Crippen LogP contribution in [0, 0.1) is 0 Å². The van der Waals surface area contributed by atoms with Crippen molar-refractivity contribution in [1.82, 2.24) is 10.0 Å². The Kier molecular flexibility index (Phi) is 5.38. The van der Waals surface area contributed by atoms with Crippen LogP contribution < -0.4 is 10.0 Å². The molecule has 0 bridgehead atoms. The van der Waals surface area contributed by atoms with Crippen molar-refractivity contribution in [2.75, 3.05) is 7.05 Å². The zero-order chi connectivity index (χ0) is 13.7. The summed E-state index contributed by atoms with van der Waals surface area (Å²) in [5.41, 5.74) is 0. The fourth-order valence-electron chi connectivity index (χ4n) is 2.54. The van der Waals surface area contributed by atoms with Gasteiger partial charge in [0.2, 0.25) is 10.0 Å². The van der Waals surface area contributed by atoms with Gasteiger partial charge in [-0.3, -0.25) is 0 Å². The third-order valence-corrected chi connectivity index (χ3v) is 6.16. The Balaban J connectivity index is 2.10. The standard InChI is InChI=1S/C13H22N2O2S2/c1-14-10-12-13(8-9-18-12)19(16,17)15-11-6-4-2-3-5-7-11/h8-9,11,14-15H,2-7,10H2,1H3. The molecule has 0 spiro atoms. The van der Waals surface area contributed by atoms with Crippen LogP contribution in [-0.2, 0) is 16.6 Å². The first-order valence-electron chi connectivity index (χ1n) is 6.87. The molecule has 6 heteroatoms. The monoisotopic (exact) mass is 302 g/mol. The Morgan fingerprint density at radius 1 is 1.26 bits per heavy atom. The van der Waals surface area contributed by atoms with Gasteiger partial charge < -0.3 is 5.32 Å². The van der Waals surface area contributed by atoms with E-state index in [0.29, 0.717) is 11.4 Å². The van der Waals surface area contributed by atoms with Gasteiger partial charge in [0, 0.05) is 17.5 Å². The SMILES string of the molecule is CNCc1sccc1S(=O)(=O)NC1CCCCCC1. The predicted octanol–water partition coefficient (Wildman–Crippen LogP) is 2.47. The van der Waals surface area contributed by atoms with Crippen molar-refractivity contribution in [2.24, 2.45) is 0 Å². The molecule has 2 N–H and O–H groups in total. The highest BCUT2D eigenvalue weighted by atomic mass is 32.2. The van der Waals surface area contributed by atoms with Gasteiger partial charge in [-0.2, -0.15) is 0 Å². The molecular weight excluding hydrogens is 280 g/mol. The molecule has 1 aromatic heterocycles. The van der Waals surface area contributed by atoms with Crippen LogP contribution in [0.2, 0.25) is 0 Å². The summed E-state index contributed by atoms with van der Waals surface area (Å²) in [6.07, 6.45) is 6.62. The van der Waals surface area contributed by atoms with Crippen LogP contribution in [0.3, 0.4) is 0 Å². The van der Waals surface area contributed by atoms with Crippen LogP contribution in [0.5, 0.6) is 0 Å². The Labute approximate surface area is 119 Å². The van der Waals surface area contributed by atoms with E-state index in [0.717, 1.165) is 30.6 Å². The number of nitrogens with one attached hydrogen (secondary N) is 2. The van der Waals surface area contributed by atoms with Gasteiger partial charge in [-0.05, 0) is 31.3 Å². The quantitative estimate of drug-likeness (QED) is 0.822. The lowest BCUT2D eigenvalue weighted by Crippen LogP contribution is -2.34. The fraction of sp³-hybridized carbons (Fsp3) is 0.692. The third-order valence-electron chi connectivity index (χ3n) is 3.51. The van der Waals surface area contributed by atoms with Gasteiger partial charge in [-0.15, -0.1) is 11.3 Å². The zero-order valence-electron chi connectivity index (χ0n) is 11.3. The molecular formula is C13H22N2O2S2. The zero-order valence-corrected chi connectivity index (χ0v) is 12.9. The second-order valence-electron chi connectivity index (χ2n) is 5.05. The van der Waals surface area contributed by atoms with E-state index in [9.17, 15) is 8.42 Å². The largest absolute Gasteiger partial charge is 0.315 e. The molecule has 1 aliphatic rings. The van der Waals surface area contributed by atoms with Gasteiger partial charge in [0.1, 0.15) is 0 Å². The minimum Gasteiger partial charge on any atom is -0.315 e. The van der Waals surface area contributed by atoms with Crippen molar-refractivity contribution in [3.63, 3.8) is 0 Å². The smallest absolute Gasteiger partial charge is 0.241 e. The Morgan fingerprint density at radius 3 is 2.58 bits per heavy atom. The first-order valence-corrected chi connectivity index (χ1v) is 9.23. The molecule has 0 atom stereocenters. The summed E-state index contributed by atoms with van der Waals surface area (Å²) in [6, 6.07) is 1.81. The summed E-state index contributed by atoms with van der Waals surface area (Å²) < 4.78 is 27.8. The Bertz CT molecular complexity index is 488. The fourth-order valence-corrected chi connectivity index (χ4v) is 5.30. The average Bonchev–Trinajstić information content (AvgIpc) is 2.69. The lowest BCUT2D eigenvalue weighted by atomic mass is 10.1. The first kappa shape index (κ1) is 15.0. The van der Waals surface area contributed by atoms with E-state index in [1.807, 2.05) is 12.4 Å². The molecule has 1 aliphatic carbocycles. The minimum absolute atomic E-state index is 0.106. The summed E-state index contributed by atoms with van der Waals surface area (Å²) in [4.78, 5) is 1.32. The van der Waals surface area contributed by atoms with Crippen LogP contribution in [0.15, 0.2) is 16.3 Å². The predicted molar refractivity (Wildman–Crippen MR) is 78.9 cm³/mol. The molecule has 0 radical (unpaired) electrons. The highest BCUT2D eigenvalue weighted by Crippen LogP contribution is 2.24. The van der Waals surface area contributed by atoms with Gasteiger partial charge >= 0.3 is 0 Å². The highest BCUT2D eigenvalue weighted by molar-refractivity contribution is 7.89. The van der Waals surface area contributed by atoms with Crippen LogP contribution >= 0.6 is 11.3 Å². The molecule has 0 unspecified atom stereocenters. The van der Waals surface area contributed by atoms with E-state index >= 15 is 0 Å². The van der Waals surface area contributed by atoms with Gasteiger partial charge in [-0.25, -0.2) is 13.1 Å². The van der Waals surface area contributed by atoms with Crippen molar-refractivity contribution < 1.29 is 8.42 Å². The number of hydrogen-bond acceptors (Lipinski definition) is 4. The van der Waals surface area contributed by atoms with Crippen molar-refractivity contribution in [3.05, 3.63) is 16.3 Å². The molecule has 0 amide bonds. The Morgan fingerprint density at radius 2 is 1.95 bits per heavy atom. The minimum atomic E-state index is -3.37. The molecule has 1 saturated carbocycles. The van der Waals surface area contributed by atoms with Gasteiger partial charge in [0.05, 0.1) is 4.90 Å². The Hall–Kier alpha value is -0.430. The molecule has 0 saturated heterocycles. The second-order valence-corrected chi connectivity index (χ2v) is 7.73. The molecule has 1 aromatic rings. The van der Waals surface area contributed by atoms with E-state index in [2.05, 4.69) is 10.0 Å². The van der Waals surface area contributed by atoms with Crippen molar-refractivity contribution in [3.8, 4) is 0 Å². The number of thiophene rings is 1. The molecule has 0 aromatic carbocycles. The third kappa shape index (κ3) is 4.02. The van der Waals surface area contributed by atoms with Crippen LogP contribution in [0.1, 0.15) is 43.4 Å². The summed E-state index contributed by atoms with van der Waals surface area (Å²) in [6.45, 7) is 0.596. The average molecular weight is 302 g/mol. The molecule has 1 heterocycles. The summed E-state index contributed by atoms with van der Waals surface area (Å²) in [7, 11) is -1.54. The van der Waals surface area contributed by atoms with Crippen LogP contribution in [0.25, 0.3) is 0 Å². The van der Waals surface area contributed by atoms with Gasteiger partial charge in [0.25, 0.3) is 0 Å². The maximum Gasteiger partial charge on any atom is 0.241 e. The van der Waals surface area contributed by atoms with Crippen molar-refractivity contribution in [2.45, 2.75) is 56.0 Å². The van der Waals surface area contributed by atoms with E-state index in [1.165, 1.54) is 24.2 Å². The lowest BCUT2D eigenvalue weighted by molar-refractivity contribution is 0.509. The topological polar surface area (TPSA) is 58.2 Å². The lowest BCUT2D eigenvalue weighted by Gasteiger charge is -2.16. The van der Waals surface area contributed by atoms with Crippen molar-refractivity contribution in [1.29, 1.82) is 0 Å². The molecule has 2 rings (SSSR count). The van der Waals surface area contributed by atoms with Gasteiger partial charge in [0.15, 0.2) is 0 Å². The molecule has 0 aliphatic heterocycles. The highest BCUT2D eigenvalue weighted by Gasteiger charge is 2.23. The second kappa shape index (κ2) is 6.83. The van der Waals surface area contributed by atoms with Crippen LogP contribution in [0.4, 0.5) is 0 Å². The van der Waals surface area contributed by atoms with E-state index in [1.54, 1.807) is 6.07 Å². The summed E-state index contributed by atoms with van der Waals surface area (Å²) in [5.74, 6) is 0. The maximum atomic E-state index is 12.4. The van der Waals surface area contributed by atoms with E-state index in [-0.39, 0.29) is 6.04 Å². The molecule has 19 heavy (non-hydrogen) atoms. The molecule has 108 valence electrons. The van der Waals surface area contributed by atoms with E-state index in [4.69, 9.17) is 0 Å². The van der Waals surface area contributed by atoms with Crippen LogP contribution in [-0.4, -0.2) is 21.5 Å². The first-order chi connectivity index (χ1) is 9.13. The van der Waals surface area contributed by atoms with Gasteiger partial charge in [-0.1, -0.05) is 25.7 Å². The summed E-state index contributed by atoms with van der Waals surface area (Å²) in [5, 5.41) is 4.86. The maximum absolute atomic E-state index is 12.4. The number of sulfonamides is 1. The number of hydrogen-bond donors (Lipinski definition) is 2. The molecule has 1 fully saturated rings. The normalized spacial score (nSPS) is 18.4. The molecule has 4 nitrogen and oxygen atoms in total.